The molecule has 114 valence electrons. The third-order valence-corrected chi connectivity index (χ3v) is 3.30. The summed E-state index contributed by atoms with van der Waals surface area (Å²) in [6.45, 7) is 0. The average Bonchev–Trinajstić information content (AvgIpc) is 2.53. The van der Waals surface area contributed by atoms with Crippen LogP contribution in [0.5, 0.6) is 0 Å². The molecule has 3 aromatic rings. The molecule has 23 heavy (non-hydrogen) atoms. The van der Waals surface area contributed by atoms with Crippen molar-refractivity contribution < 1.29 is 8.78 Å². The number of fused-ring (bicyclic) bond motifs is 1. The van der Waals surface area contributed by atoms with Crippen LogP contribution in [0.1, 0.15) is 5.56 Å². The van der Waals surface area contributed by atoms with Crippen LogP contribution in [0.25, 0.3) is 10.9 Å². The topological polar surface area (TPSA) is 108 Å². The van der Waals surface area contributed by atoms with E-state index in [4.69, 9.17) is 11.0 Å². The lowest BCUT2D eigenvalue weighted by Gasteiger charge is -2.12. The molecule has 0 atom stereocenters. The van der Waals surface area contributed by atoms with Crippen molar-refractivity contribution in [1.29, 1.82) is 5.26 Å². The Bertz CT molecular complexity index is 1020. The largest absolute Gasteiger partial charge is 0.398 e. The molecule has 0 radical (unpaired) electrons. The number of aromatic amines is 1. The maximum absolute atomic E-state index is 14.5. The second kappa shape index (κ2) is 5.38. The maximum atomic E-state index is 14.5. The first-order valence-electron chi connectivity index (χ1n) is 6.44. The highest BCUT2D eigenvalue weighted by atomic mass is 19.1. The fourth-order valence-corrected chi connectivity index (χ4v) is 2.19. The second-order valence-electron chi connectivity index (χ2n) is 4.68. The molecule has 0 bridgehead atoms. The van der Waals surface area contributed by atoms with Crippen molar-refractivity contribution in [2.75, 3.05) is 11.1 Å². The molecule has 0 saturated carbocycles. The minimum Gasteiger partial charge on any atom is -0.398 e. The molecule has 1 aromatic heterocycles. The zero-order valence-electron chi connectivity index (χ0n) is 11.5. The molecule has 4 N–H and O–H groups in total. The Morgan fingerprint density at radius 2 is 2.04 bits per heavy atom. The summed E-state index contributed by atoms with van der Waals surface area (Å²) in [5, 5.41) is 11.3. The zero-order valence-corrected chi connectivity index (χ0v) is 11.5. The normalized spacial score (nSPS) is 10.5. The van der Waals surface area contributed by atoms with Crippen molar-refractivity contribution in [2.45, 2.75) is 0 Å². The van der Waals surface area contributed by atoms with Crippen molar-refractivity contribution in [3.8, 4) is 6.07 Å². The van der Waals surface area contributed by atoms with Crippen LogP contribution < -0.4 is 16.6 Å². The Labute approximate surface area is 128 Å². The van der Waals surface area contributed by atoms with Crippen LogP contribution in [0.4, 0.5) is 25.8 Å². The van der Waals surface area contributed by atoms with Gasteiger partial charge in [-0.15, -0.1) is 0 Å². The number of nitrogens with one attached hydrogen (secondary N) is 2. The van der Waals surface area contributed by atoms with Crippen LogP contribution in [0.15, 0.2) is 35.4 Å². The Hall–Kier alpha value is -3.47. The number of H-pyrrole nitrogens is 1. The van der Waals surface area contributed by atoms with Gasteiger partial charge in [0.2, 0.25) is 0 Å². The number of benzene rings is 2. The van der Waals surface area contributed by atoms with Crippen molar-refractivity contribution in [3.63, 3.8) is 0 Å². The van der Waals surface area contributed by atoms with Crippen LogP contribution >= 0.6 is 0 Å². The summed E-state index contributed by atoms with van der Waals surface area (Å²) in [4.78, 5) is 17.9. The smallest absolute Gasteiger partial charge is 0.261 e. The van der Waals surface area contributed by atoms with Gasteiger partial charge in [-0.25, -0.2) is 13.8 Å². The highest BCUT2D eigenvalue weighted by Crippen LogP contribution is 2.30. The fraction of sp³-hybridized carbons (Fsp3) is 0. The number of nitrogens with zero attached hydrogens (tertiary/aromatic N) is 2. The second-order valence-corrected chi connectivity index (χ2v) is 4.68. The predicted octanol–water partition coefficient (Wildman–Crippen LogP) is 2.40. The first-order chi connectivity index (χ1) is 11.0. The third-order valence-electron chi connectivity index (χ3n) is 3.30. The number of halogens is 2. The SMILES string of the molecule is N#Cc1c(N)ccc(F)c1Nc1ccc2nc[nH]c(=O)c2c1F. The van der Waals surface area contributed by atoms with Crippen LogP contribution in [0.2, 0.25) is 0 Å². The number of rotatable bonds is 2. The van der Waals surface area contributed by atoms with Crippen LogP contribution in [-0.2, 0) is 0 Å². The van der Waals surface area contributed by atoms with Crippen molar-refractivity contribution in [1.82, 2.24) is 9.97 Å². The Kier molecular flexibility index (Phi) is 3.38. The van der Waals surface area contributed by atoms with Gasteiger partial charge in [-0.1, -0.05) is 0 Å². The van der Waals surface area contributed by atoms with E-state index in [1.165, 1.54) is 18.2 Å². The summed E-state index contributed by atoms with van der Waals surface area (Å²) in [5.41, 5.74) is 4.59. The van der Waals surface area contributed by atoms with E-state index in [2.05, 4.69) is 15.3 Å². The summed E-state index contributed by atoms with van der Waals surface area (Å²) < 4.78 is 28.5. The molecule has 0 aliphatic heterocycles. The number of aromatic nitrogens is 2. The molecular formula is C15H9F2N5O. The first-order valence-corrected chi connectivity index (χ1v) is 6.44. The Balaban J connectivity index is 2.20. The standard InChI is InChI=1S/C15H9F2N5O/c16-8-1-2-9(19)7(5-18)14(8)22-11-4-3-10-12(13(11)17)15(23)21-6-20-10/h1-4,6,22H,19H2,(H,20,21,23). The summed E-state index contributed by atoms with van der Waals surface area (Å²) >= 11 is 0. The number of hydrogen-bond donors (Lipinski definition) is 3. The number of nitrogen functional groups attached to an aromatic ring is 1. The van der Waals surface area contributed by atoms with Gasteiger partial charge in [-0.3, -0.25) is 4.79 Å². The molecule has 1 heterocycles. The van der Waals surface area contributed by atoms with Crippen molar-refractivity contribution in [2.24, 2.45) is 0 Å². The van der Waals surface area contributed by atoms with E-state index in [9.17, 15) is 13.6 Å². The summed E-state index contributed by atoms with van der Waals surface area (Å²) in [5.74, 6) is -1.67. The molecule has 6 nitrogen and oxygen atoms in total. The van der Waals surface area contributed by atoms with Gasteiger partial charge in [0.15, 0.2) is 5.82 Å². The molecule has 0 fully saturated rings. The molecular weight excluding hydrogens is 304 g/mol. The molecule has 3 rings (SSSR count). The lowest BCUT2D eigenvalue weighted by atomic mass is 10.1. The van der Waals surface area contributed by atoms with E-state index in [-0.39, 0.29) is 33.5 Å². The quantitative estimate of drug-likeness (QED) is 0.630. The van der Waals surface area contributed by atoms with Gasteiger partial charge in [0.1, 0.15) is 22.8 Å². The molecule has 0 aliphatic carbocycles. The van der Waals surface area contributed by atoms with E-state index < -0.39 is 17.2 Å². The molecule has 0 spiro atoms. The molecule has 8 heteroatoms. The van der Waals surface area contributed by atoms with Crippen LogP contribution in [0, 0.1) is 23.0 Å². The number of anilines is 3. The van der Waals surface area contributed by atoms with E-state index in [0.29, 0.717) is 0 Å². The molecule has 0 unspecified atom stereocenters. The molecule has 2 aromatic carbocycles. The molecule has 0 saturated heterocycles. The summed E-state index contributed by atoms with van der Waals surface area (Å²) in [6, 6.07) is 6.77. The fourth-order valence-electron chi connectivity index (χ4n) is 2.19. The van der Waals surface area contributed by atoms with Gasteiger partial charge in [-0.05, 0) is 24.3 Å². The van der Waals surface area contributed by atoms with Gasteiger partial charge < -0.3 is 16.0 Å². The van der Waals surface area contributed by atoms with Crippen molar-refractivity contribution >= 4 is 28.0 Å². The molecule has 0 amide bonds. The van der Waals surface area contributed by atoms with E-state index in [1.807, 2.05) is 0 Å². The van der Waals surface area contributed by atoms with Gasteiger partial charge in [0.25, 0.3) is 5.56 Å². The van der Waals surface area contributed by atoms with E-state index in [1.54, 1.807) is 6.07 Å². The average molecular weight is 313 g/mol. The summed E-state index contributed by atoms with van der Waals surface area (Å²) in [6.07, 6.45) is 1.16. The third kappa shape index (κ3) is 2.34. The number of nitrogens with two attached hydrogens (primary N) is 1. The zero-order chi connectivity index (χ0) is 16.6. The summed E-state index contributed by atoms with van der Waals surface area (Å²) in [7, 11) is 0. The molecule has 0 aliphatic rings. The Morgan fingerprint density at radius 1 is 1.26 bits per heavy atom. The number of hydrogen-bond acceptors (Lipinski definition) is 5. The minimum absolute atomic E-state index is 0.0529. The van der Waals surface area contributed by atoms with Gasteiger partial charge in [0, 0.05) is 0 Å². The lowest BCUT2D eigenvalue weighted by molar-refractivity contribution is 0.628. The van der Waals surface area contributed by atoms with Crippen LogP contribution in [0.3, 0.4) is 0 Å². The highest BCUT2D eigenvalue weighted by molar-refractivity contribution is 5.84. The Morgan fingerprint density at radius 3 is 2.78 bits per heavy atom. The maximum Gasteiger partial charge on any atom is 0.261 e. The van der Waals surface area contributed by atoms with Crippen molar-refractivity contribution in [3.05, 3.63) is 58.1 Å². The van der Waals surface area contributed by atoms with E-state index in [0.717, 1.165) is 12.4 Å². The minimum atomic E-state index is -0.900. The van der Waals surface area contributed by atoms with Gasteiger partial charge in [-0.2, -0.15) is 5.26 Å². The lowest BCUT2D eigenvalue weighted by Crippen LogP contribution is -2.10. The van der Waals surface area contributed by atoms with Gasteiger partial charge in [0.05, 0.1) is 28.9 Å². The highest BCUT2D eigenvalue weighted by Gasteiger charge is 2.16. The van der Waals surface area contributed by atoms with Gasteiger partial charge >= 0.3 is 0 Å². The monoisotopic (exact) mass is 313 g/mol. The van der Waals surface area contributed by atoms with E-state index >= 15 is 0 Å². The first kappa shape index (κ1) is 14.5. The number of nitriles is 1. The van der Waals surface area contributed by atoms with Crippen LogP contribution in [-0.4, -0.2) is 9.97 Å². The predicted molar refractivity (Wildman–Crippen MR) is 81.1 cm³/mol.